The lowest BCUT2D eigenvalue weighted by molar-refractivity contribution is 0.00989. The van der Waals surface area contributed by atoms with Crippen LogP contribution in [0.2, 0.25) is 0 Å². The van der Waals surface area contributed by atoms with Crippen LogP contribution in [0.3, 0.4) is 0 Å². The Morgan fingerprint density at radius 3 is 2.62 bits per heavy atom. The largest absolute Gasteiger partial charge is 0.385 e. The van der Waals surface area contributed by atoms with Gasteiger partial charge in [-0.3, -0.25) is 4.99 Å². The van der Waals surface area contributed by atoms with Crippen molar-refractivity contribution in [2.24, 2.45) is 4.99 Å². The summed E-state index contributed by atoms with van der Waals surface area (Å²) in [5, 5.41) is 3.46. The number of rotatable bonds is 11. The second-order valence-electron chi connectivity index (χ2n) is 8.44. The summed E-state index contributed by atoms with van der Waals surface area (Å²) in [5.74, 6) is 1.03. The van der Waals surface area contributed by atoms with Gasteiger partial charge in [-0.15, -0.1) is 24.0 Å². The Hall–Kier alpha value is -0.900. The van der Waals surface area contributed by atoms with Crippen LogP contribution in [0.4, 0.5) is 0 Å². The van der Waals surface area contributed by atoms with E-state index in [9.17, 15) is 0 Å². The lowest BCUT2D eigenvalue weighted by Crippen LogP contribution is -2.47. The van der Waals surface area contributed by atoms with Crippen LogP contribution in [0.1, 0.15) is 62.7 Å². The number of ether oxygens (including phenoxy) is 3. The standard InChI is InChI=1S/C25H41N3O3.HI/c1-3-26-25(28-16-13-22(14-17-28)30-20-8-18-29-2)27-15-7-19-31-24-12-6-10-21-9-4-5-11-23(21)24;/h4-5,9,11,22,24H,3,6-8,10,12-20H2,1-2H3,(H,26,27);1H. The predicted octanol–water partition coefficient (Wildman–Crippen LogP) is 4.57. The molecular formula is C25H42IN3O3. The average molecular weight is 560 g/mol. The van der Waals surface area contributed by atoms with Gasteiger partial charge in [0.05, 0.1) is 12.2 Å². The summed E-state index contributed by atoms with van der Waals surface area (Å²) in [5.41, 5.74) is 2.84. The van der Waals surface area contributed by atoms with Crippen LogP contribution in [0.5, 0.6) is 0 Å². The number of methoxy groups -OCH3 is 1. The Bertz CT molecular complexity index is 666. The fourth-order valence-corrected chi connectivity index (χ4v) is 4.47. The third kappa shape index (κ3) is 8.80. The van der Waals surface area contributed by atoms with Gasteiger partial charge in [-0.25, -0.2) is 0 Å². The lowest BCUT2D eigenvalue weighted by atomic mass is 9.89. The first-order valence-corrected chi connectivity index (χ1v) is 12.1. The minimum Gasteiger partial charge on any atom is -0.385 e. The van der Waals surface area contributed by atoms with E-state index in [-0.39, 0.29) is 30.1 Å². The van der Waals surface area contributed by atoms with Crippen LogP contribution < -0.4 is 5.32 Å². The number of nitrogens with one attached hydrogen (secondary N) is 1. The smallest absolute Gasteiger partial charge is 0.193 e. The van der Waals surface area contributed by atoms with E-state index in [1.807, 2.05) is 0 Å². The molecule has 0 aromatic heterocycles. The van der Waals surface area contributed by atoms with Crippen molar-refractivity contribution in [2.75, 3.05) is 53.1 Å². The van der Waals surface area contributed by atoms with Crippen molar-refractivity contribution in [2.45, 2.75) is 64.1 Å². The average Bonchev–Trinajstić information content (AvgIpc) is 2.81. The van der Waals surface area contributed by atoms with E-state index in [0.717, 1.165) is 84.1 Å². The molecule has 0 amide bonds. The number of nitrogens with zero attached hydrogens (tertiary/aromatic N) is 2. The second kappa shape index (κ2) is 15.9. The first-order chi connectivity index (χ1) is 15.3. The van der Waals surface area contributed by atoms with Gasteiger partial charge < -0.3 is 24.4 Å². The van der Waals surface area contributed by atoms with Crippen molar-refractivity contribution < 1.29 is 14.2 Å². The van der Waals surface area contributed by atoms with Crippen LogP contribution in [0, 0.1) is 0 Å². The molecule has 0 bridgehead atoms. The quantitative estimate of drug-likeness (QED) is 0.186. The molecular weight excluding hydrogens is 517 g/mol. The molecule has 1 unspecified atom stereocenters. The van der Waals surface area contributed by atoms with Gasteiger partial charge in [0.2, 0.25) is 0 Å². The van der Waals surface area contributed by atoms with E-state index in [0.29, 0.717) is 6.10 Å². The van der Waals surface area contributed by atoms with Crippen molar-refractivity contribution in [1.29, 1.82) is 0 Å². The molecule has 3 rings (SSSR count). The summed E-state index contributed by atoms with van der Waals surface area (Å²) in [6, 6.07) is 8.73. The highest BCUT2D eigenvalue weighted by molar-refractivity contribution is 14.0. The normalized spacial score (nSPS) is 19.4. The number of aliphatic imine (C=N–C) groups is 1. The minimum absolute atomic E-state index is 0. The van der Waals surface area contributed by atoms with Gasteiger partial charge >= 0.3 is 0 Å². The van der Waals surface area contributed by atoms with Crippen LogP contribution >= 0.6 is 24.0 Å². The zero-order chi connectivity index (χ0) is 21.7. The summed E-state index contributed by atoms with van der Waals surface area (Å²) in [7, 11) is 1.74. The predicted molar refractivity (Wildman–Crippen MR) is 141 cm³/mol. The van der Waals surface area contributed by atoms with E-state index in [1.54, 1.807) is 7.11 Å². The number of likely N-dealkylation sites (tertiary alicyclic amines) is 1. The molecule has 7 heteroatoms. The van der Waals surface area contributed by atoms with Gasteiger partial charge in [0.1, 0.15) is 0 Å². The van der Waals surface area contributed by atoms with Crippen LogP contribution in [-0.2, 0) is 20.6 Å². The molecule has 1 aromatic rings. The molecule has 1 saturated heterocycles. The van der Waals surface area contributed by atoms with Gasteiger partial charge in [0.25, 0.3) is 0 Å². The van der Waals surface area contributed by atoms with Crippen LogP contribution in [-0.4, -0.2) is 70.1 Å². The van der Waals surface area contributed by atoms with E-state index >= 15 is 0 Å². The number of hydrogen-bond acceptors (Lipinski definition) is 4. The molecule has 1 aliphatic carbocycles. The molecule has 6 nitrogen and oxygen atoms in total. The maximum Gasteiger partial charge on any atom is 0.193 e. The summed E-state index contributed by atoms with van der Waals surface area (Å²) in [6.45, 7) is 8.13. The number of fused-ring (bicyclic) bond motifs is 1. The fraction of sp³-hybridized carbons (Fsp3) is 0.720. The van der Waals surface area contributed by atoms with Gasteiger partial charge in [0, 0.05) is 53.1 Å². The molecule has 2 aliphatic rings. The Morgan fingerprint density at radius 1 is 1.06 bits per heavy atom. The number of benzene rings is 1. The third-order valence-corrected chi connectivity index (χ3v) is 6.12. The van der Waals surface area contributed by atoms with Gasteiger partial charge in [-0.1, -0.05) is 24.3 Å². The highest BCUT2D eigenvalue weighted by Gasteiger charge is 2.22. The van der Waals surface area contributed by atoms with Gasteiger partial charge in [-0.05, 0) is 63.0 Å². The SMILES string of the molecule is CCNC(=NCCCOC1CCCc2ccccc21)N1CCC(OCCCOC)CC1.I. The first-order valence-electron chi connectivity index (χ1n) is 12.1. The molecule has 1 aromatic carbocycles. The Labute approximate surface area is 211 Å². The molecule has 1 atom stereocenters. The summed E-state index contributed by atoms with van der Waals surface area (Å²) in [6.07, 6.45) is 8.18. The Balaban J connectivity index is 0.00000363. The minimum atomic E-state index is 0. The highest BCUT2D eigenvalue weighted by Crippen LogP contribution is 2.32. The molecule has 1 aliphatic heterocycles. The number of piperidine rings is 1. The maximum atomic E-state index is 6.24. The van der Waals surface area contributed by atoms with Crippen LogP contribution in [0.15, 0.2) is 29.3 Å². The molecule has 32 heavy (non-hydrogen) atoms. The van der Waals surface area contributed by atoms with Crippen molar-refractivity contribution in [3.63, 3.8) is 0 Å². The molecule has 182 valence electrons. The van der Waals surface area contributed by atoms with E-state index < -0.39 is 0 Å². The lowest BCUT2D eigenvalue weighted by Gasteiger charge is -2.34. The Morgan fingerprint density at radius 2 is 1.84 bits per heavy atom. The highest BCUT2D eigenvalue weighted by atomic mass is 127. The fourth-order valence-electron chi connectivity index (χ4n) is 4.47. The molecule has 0 saturated carbocycles. The number of halogens is 1. The second-order valence-corrected chi connectivity index (χ2v) is 8.44. The molecule has 0 spiro atoms. The Kier molecular flexibility index (Phi) is 13.5. The van der Waals surface area contributed by atoms with E-state index in [1.165, 1.54) is 24.0 Å². The van der Waals surface area contributed by atoms with Gasteiger partial charge in [-0.2, -0.15) is 0 Å². The van der Waals surface area contributed by atoms with E-state index in [2.05, 4.69) is 41.4 Å². The monoisotopic (exact) mass is 559 g/mol. The molecule has 1 heterocycles. The van der Waals surface area contributed by atoms with Crippen LogP contribution in [0.25, 0.3) is 0 Å². The maximum absolute atomic E-state index is 6.24. The van der Waals surface area contributed by atoms with Gasteiger partial charge in [0.15, 0.2) is 5.96 Å². The number of guanidine groups is 1. The summed E-state index contributed by atoms with van der Waals surface area (Å²) >= 11 is 0. The molecule has 1 fully saturated rings. The van der Waals surface area contributed by atoms with Crippen molar-refractivity contribution in [1.82, 2.24) is 10.2 Å². The van der Waals surface area contributed by atoms with Crippen molar-refractivity contribution >= 4 is 29.9 Å². The summed E-state index contributed by atoms with van der Waals surface area (Å²) in [4.78, 5) is 7.24. The van der Waals surface area contributed by atoms with E-state index in [4.69, 9.17) is 19.2 Å². The zero-order valence-electron chi connectivity index (χ0n) is 19.9. The van der Waals surface area contributed by atoms with Crippen molar-refractivity contribution in [3.05, 3.63) is 35.4 Å². The van der Waals surface area contributed by atoms with Crippen molar-refractivity contribution in [3.8, 4) is 0 Å². The topological polar surface area (TPSA) is 55.3 Å². The molecule has 0 radical (unpaired) electrons. The molecule has 1 N–H and O–H groups in total. The number of aryl methyl sites for hydroxylation is 1. The zero-order valence-corrected chi connectivity index (χ0v) is 22.2. The number of hydrogen-bond donors (Lipinski definition) is 1. The summed E-state index contributed by atoms with van der Waals surface area (Å²) < 4.78 is 17.3. The first kappa shape index (κ1) is 27.3. The third-order valence-electron chi connectivity index (χ3n) is 6.12.